The molecule has 3 aliphatic heterocycles. The molecule has 0 bridgehead atoms. The van der Waals surface area contributed by atoms with Gasteiger partial charge in [-0.05, 0) is 31.7 Å². The van der Waals surface area contributed by atoms with Gasteiger partial charge in [0.1, 0.15) is 0 Å². The summed E-state index contributed by atoms with van der Waals surface area (Å²) in [5.74, 6) is 0.159. The van der Waals surface area contributed by atoms with Gasteiger partial charge < -0.3 is 20.3 Å². The van der Waals surface area contributed by atoms with E-state index in [0.29, 0.717) is 18.6 Å². The molecule has 4 rings (SSSR count). The number of hydrogen-bond acceptors (Lipinski definition) is 5. The Morgan fingerprint density at radius 1 is 1.31 bits per heavy atom. The van der Waals surface area contributed by atoms with Gasteiger partial charge in [-0.2, -0.15) is 5.10 Å². The van der Waals surface area contributed by atoms with Gasteiger partial charge in [0.05, 0.1) is 24.0 Å². The summed E-state index contributed by atoms with van der Waals surface area (Å²) in [4.78, 5) is 14.8. The average Bonchev–Trinajstić information content (AvgIpc) is 3.30. The van der Waals surface area contributed by atoms with Gasteiger partial charge in [0, 0.05) is 58.2 Å². The van der Waals surface area contributed by atoms with Gasteiger partial charge in [-0.15, -0.1) is 0 Å². The van der Waals surface area contributed by atoms with E-state index < -0.39 is 0 Å². The monoisotopic (exact) mass is 361 g/mol. The topological polar surface area (TPSA) is 71.4 Å². The Labute approximate surface area is 155 Å². The molecular weight excluding hydrogens is 330 g/mol. The summed E-state index contributed by atoms with van der Waals surface area (Å²) in [5, 5.41) is 11.2. The van der Waals surface area contributed by atoms with Gasteiger partial charge in [0.25, 0.3) is 0 Å². The number of ether oxygens (including phenoxy) is 1. The molecule has 2 N–H and O–H groups in total. The first kappa shape index (κ1) is 17.9. The zero-order valence-electron chi connectivity index (χ0n) is 15.6. The lowest BCUT2D eigenvalue weighted by Gasteiger charge is -2.33. The molecule has 2 saturated heterocycles. The minimum Gasteiger partial charge on any atom is -0.377 e. The van der Waals surface area contributed by atoms with Crippen molar-refractivity contribution < 1.29 is 9.53 Å². The van der Waals surface area contributed by atoms with E-state index in [1.165, 1.54) is 18.5 Å². The molecule has 4 heterocycles. The SMILES string of the molecule is O=C(CCc1cc2n(n1)CCNC2)NC1CCN(C[C@H]2CCCO2)CC1. The van der Waals surface area contributed by atoms with Crippen LogP contribution in [-0.4, -0.2) is 65.5 Å². The molecule has 0 aromatic carbocycles. The lowest BCUT2D eigenvalue weighted by atomic mass is 10.0. The van der Waals surface area contributed by atoms with Gasteiger partial charge in [0.2, 0.25) is 5.91 Å². The molecule has 2 fully saturated rings. The Morgan fingerprint density at radius 2 is 2.19 bits per heavy atom. The lowest BCUT2D eigenvalue weighted by Crippen LogP contribution is -2.46. The summed E-state index contributed by atoms with van der Waals surface area (Å²) in [6.45, 7) is 6.88. The van der Waals surface area contributed by atoms with Gasteiger partial charge in [-0.3, -0.25) is 9.48 Å². The van der Waals surface area contributed by atoms with E-state index >= 15 is 0 Å². The number of likely N-dealkylation sites (tertiary alicyclic amines) is 1. The average molecular weight is 361 g/mol. The van der Waals surface area contributed by atoms with E-state index in [1.807, 2.05) is 0 Å². The lowest BCUT2D eigenvalue weighted by molar-refractivity contribution is -0.122. The molecule has 1 atom stereocenters. The molecule has 0 radical (unpaired) electrons. The molecule has 0 spiro atoms. The van der Waals surface area contributed by atoms with Crippen molar-refractivity contribution >= 4 is 5.91 Å². The Morgan fingerprint density at radius 3 is 2.96 bits per heavy atom. The van der Waals surface area contributed by atoms with E-state index in [2.05, 4.69) is 31.4 Å². The van der Waals surface area contributed by atoms with Crippen LogP contribution in [0.4, 0.5) is 0 Å². The van der Waals surface area contributed by atoms with Gasteiger partial charge >= 0.3 is 0 Å². The molecule has 0 aliphatic carbocycles. The number of fused-ring (bicyclic) bond motifs is 1. The first-order chi connectivity index (χ1) is 12.8. The van der Waals surface area contributed by atoms with Crippen LogP contribution in [0, 0.1) is 0 Å². The van der Waals surface area contributed by atoms with Crippen LogP contribution in [0.5, 0.6) is 0 Å². The summed E-state index contributed by atoms with van der Waals surface area (Å²) in [6, 6.07) is 2.45. The first-order valence-corrected chi connectivity index (χ1v) is 10.2. The highest BCUT2D eigenvalue weighted by Gasteiger charge is 2.24. The molecule has 1 aromatic rings. The summed E-state index contributed by atoms with van der Waals surface area (Å²) >= 11 is 0. The number of rotatable bonds is 6. The molecule has 26 heavy (non-hydrogen) atoms. The van der Waals surface area contributed by atoms with Crippen molar-refractivity contribution in [2.45, 2.75) is 63.8 Å². The maximum absolute atomic E-state index is 12.3. The number of nitrogens with one attached hydrogen (secondary N) is 2. The number of aromatic nitrogens is 2. The standard InChI is InChI=1S/C19H31N5O2/c25-19(4-3-16-12-17-13-20-7-10-24(17)22-16)21-15-5-8-23(9-6-15)14-18-2-1-11-26-18/h12,15,18,20H,1-11,13-14H2,(H,21,25)/t18-/m1/s1. The second kappa shape index (κ2) is 8.50. The molecule has 3 aliphatic rings. The molecule has 7 heteroatoms. The summed E-state index contributed by atoms with van der Waals surface area (Å²) < 4.78 is 7.79. The van der Waals surface area contributed by atoms with Crippen molar-refractivity contribution in [3.05, 3.63) is 17.5 Å². The highest BCUT2D eigenvalue weighted by molar-refractivity contribution is 5.76. The quantitative estimate of drug-likeness (QED) is 0.780. The molecule has 0 saturated carbocycles. The maximum atomic E-state index is 12.3. The third-order valence-corrected chi connectivity index (χ3v) is 5.77. The second-order valence-corrected chi connectivity index (χ2v) is 7.80. The third-order valence-electron chi connectivity index (χ3n) is 5.77. The van der Waals surface area contributed by atoms with Crippen molar-refractivity contribution in [2.24, 2.45) is 0 Å². The zero-order chi connectivity index (χ0) is 17.8. The van der Waals surface area contributed by atoms with Crippen LogP contribution in [-0.2, 0) is 29.0 Å². The van der Waals surface area contributed by atoms with Gasteiger partial charge in [-0.25, -0.2) is 0 Å². The van der Waals surface area contributed by atoms with Crippen molar-refractivity contribution in [3.63, 3.8) is 0 Å². The normalized spacial score (nSPS) is 24.5. The fraction of sp³-hybridized carbons (Fsp3) is 0.789. The van der Waals surface area contributed by atoms with Crippen molar-refractivity contribution in [1.82, 2.24) is 25.3 Å². The Kier molecular flexibility index (Phi) is 5.87. The molecule has 1 aromatic heterocycles. The first-order valence-electron chi connectivity index (χ1n) is 10.2. The number of hydrogen-bond donors (Lipinski definition) is 2. The van der Waals surface area contributed by atoms with Gasteiger partial charge in [-0.1, -0.05) is 0 Å². The van der Waals surface area contributed by atoms with Crippen LogP contribution in [0.15, 0.2) is 6.07 Å². The Balaban J connectivity index is 1.15. The van der Waals surface area contributed by atoms with Crippen molar-refractivity contribution in [1.29, 1.82) is 0 Å². The molecular formula is C19H31N5O2. The van der Waals surface area contributed by atoms with Crippen LogP contribution >= 0.6 is 0 Å². The second-order valence-electron chi connectivity index (χ2n) is 7.80. The number of nitrogens with zero attached hydrogens (tertiary/aromatic N) is 3. The van der Waals surface area contributed by atoms with Crippen LogP contribution in [0.3, 0.4) is 0 Å². The summed E-state index contributed by atoms with van der Waals surface area (Å²) in [7, 11) is 0. The van der Waals surface area contributed by atoms with Crippen molar-refractivity contribution in [3.8, 4) is 0 Å². The zero-order valence-corrected chi connectivity index (χ0v) is 15.6. The van der Waals surface area contributed by atoms with E-state index in [-0.39, 0.29) is 5.91 Å². The predicted octanol–water partition coefficient (Wildman–Crippen LogP) is 0.679. The molecule has 1 amide bonds. The van der Waals surface area contributed by atoms with Crippen LogP contribution in [0.25, 0.3) is 0 Å². The highest BCUT2D eigenvalue weighted by atomic mass is 16.5. The highest BCUT2D eigenvalue weighted by Crippen LogP contribution is 2.17. The molecule has 7 nitrogen and oxygen atoms in total. The predicted molar refractivity (Wildman–Crippen MR) is 98.8 cm³/mol. The van der Waals surface area contributed by atoms with E-state index in [1.54, 1.807) is 0 Å². The number of aryl methyl sites for hydroxylation is 1. The van der Waals surface area contributed by atoms with Crippen molar-refractivity contribution in [2.75, 3.05) is 32.8 Å². The maximum Gasteiger partial charge on any atom is 0.220 e. The number of carbonyl (C=O) groups is 1. The van der Waals surface area contributed by atoms with Crippen LogP contribution in [0.2, 0.25) is 0 Å². The third kappa shape index (κ3) is 4.64. The van der Waals surface area contributed by atoms with Gasteiger partial charge in [0.15, 0.2) is 0 Å². The fourth-order valence-corrected chi connectivity index (χ4v) is 4.25. The number of carbonyl (C=O) groups excluding carboxylic acids is 1. The number of piperidine rings is 1. The summed E-state index contributed by atoms with van der Waals surface area (Å²) in [5.41, 5.74) is 2.26. The number of amides is 1. The van der Waals surface area contributed by atoms with Crippen LogP contribution < -0.4 is 10.6 Å². The summed E-state index contributed by atoms with van der Waals surface area (Å²) in [6.07, 6.45) is 6.17. The van der Waals surface area contributed by atoms with E-state index in [0.717, 1.165) is 70.8 Å². The minimum atomic E-state index is 0.159. The van der Waals surface area contributed by atoms with E-state index in [4.69, 9.17) is 4.74 Å². The minimum absolute atomic E-state index is 0.159. The molecule has 0 unspecified atom stereocenters. The Hall–Kier alpha value is -1.44. The van der Waals surface area contributed by atoms with Crippen LogP contribution in [0.1, 0.15) is 43.5 Å². The smallest absolute Gasteiger partial charge is 0.220 e. The Bertz CT molecular complexity index is 580. The largest absolute Gasteiger partial charge is 0.377 e. The fourth-order valence-electron chi connectivity index (χ4n) is 4.25. The molecule has 144 valence electrons. The van der Waals surface area contributed by atoms with E-state index in [9.17, 15) is 4.79 Å².